The minimum Gasteiger partial charge on any atom is -0.347 e. The molecular formula is C5H8O2. The summed E-state index contributed by atoms with van der Waals surface area (Å²) in [5.74, 6) is 0. The van der Waals surface area contributed by atoms with E-state index in [0.717, 1.165) is 6.42 Å². The Morgan fingerprint density at radius 2 is 2.29 bits per heavy atom. The van der Waals surface area contributed by atoms with Crippen molar-refractivity contribution in [3.63, 3.8) is 0 Å². The fraction of sp³-hybridized carbons (Fsp3) is 1.00. The van der Waals surface area contributed by atoms with E-state index in [1.807, 2.05) is 0 Å². The van der Waals surface area contributed by atoms with Crippen molar-refractivity contribution in [2.45, 2.75) is 31.8 Å². The zero-order valence-corrected chi connectivity index (χ0v) is 4.26. The van der Waals surface area contributed by atoms with E-state index in [1.165, 1.54) is 0 Å². The third-order valence-electron chi connectivity index (χ3n) is 1.47. The van der Waals surface area contributed by atoms with Crippen LogP contribution in [-0.2, 0) is 9.47 Å². The van der Waals surface area contributed by atoms with E-state index in [-0.39, 0.29) is 6.29 Å². The van der Waals surface area contributed by atoms with Gasteiger partial charge in [-0.05, 0) is 6.92 Å². The quantitative estimate of drug-likeness (QED) is 0.414. The van der Waals surface area contributed by atoms with Gasteiger partial charge in [0, 0.05) is 6.42 Å². The van der Waals surface area contributed by atoms with Crippen molar-refractivity contribution in [3.8, 4) is 0 Å². The van der Waals surface area contributed by atoms with Crippen LogP contribution in [0.4, 0.5) is 0 Å². The number of hydrogen-bond acceptors (Lipinski definition) is 2. The first-order valence-electron chi connectivity index (χ1n) is 2.67. The monoisotopic (exact) mass is 100 g/mol. The number of rotatable bonds is 0. The molecule has 0 aromatic heterocycles. The second-order valence-electron chi connectivity index (χ2n) is 2.23. The van der Waals surface area contributed by atoms with Gasteiger partial charge in [-0.1, -0.05) is 0 Å². The predicted octanol–water partition coefficient (Wildman–Crippen LogP) is 0.520. The molecule has 0 saturated carbocycles. The highest BCUT2D eigenvalue weighted by Crippen LogP contribution is 2.36. The molecule has 2 heteroatoms. The molecule has 3 atom stereocenters. The highest BCUT2D eigenvalue weighted by Gasteiger charge is 2.47. The summed E-state index contributed by atoms with van der Waals surface area (Å²) in [6.45, 7) is 2.08. The maximum atomic E-state index is 5.21. The van der Waals surface area contributed by atoms with Crippen molar-refractivity contribution >= 4 is 0 Å². The molecule has 0 aliphatic carbocycles. The lowest BCUT2D eigenvalue weighted by Gasteiger charge is -2.00. The summed E-state index contributed by atoms with van der Waals surface area (Å²) in [5.41, 5.74) is 0. The van der Waals surface area contributed by atoms with Gasteiger partial charge >= 0.3 is 0 Å². The van der Waals surface area contributed by atoms with E-state index in [1.54, 1.807) is 0 Å². The topological polar surface area (TPSA) is 21.8 Å². The Bertz CT molecular complexity index is 82.1. The van der Waals surface area contributed by atoms with Crippen LogP contribution in [-0.4, -0.2) is 18.5 Å². The molecule has 7 heavy (non-hydrogen) atoms. The molecule has 2 rings (SSSR count). The van der Waals surface area contributed by atoms with Crippen molar-refractivity contribution in [1.82, 2.24) is 0 Å². The van der Waals surface area contributed by atoms with Crippen LogP contribution in [0.3, 0.4) is 0 Å². The second-order valence-corrected chi connectivity index (χ2v) is 2.23. The smallest absolute Gasteiger partial charge is 0.184 e. The molecule has 0 amide bonds. The predicted molar refractivity (Wildman–Crippen MR) is 23.8 cm³/mol. The summed E-state index contributed by atoms with van der Waals surface area (Å²) in [4.78, 5) is 0. The lowest BCUT2D eigenvalue weighted by atomic mass is 10.3. The van der Waals surface area contributed by atoms with Gasteiger partial charge in [0.1, 0.15) is 6.10 Å². The number of ether oxygens (including phenoxy) is 2. The standard InChI is InChI=1S/C5H8O2/c1-3-2-4-5(6-3)7-4/h3-5H,2H2,1H3. The van der Waals surface area contributed by atoms with Gasteiger partial charge in [-0.3, -0.25) is 0 Å². The van der Waals surface area contributed by atoms with E-state index in [0.29, 0.717) is 12.2 Å². The maximum Gasteiger partial charge on any atom is 0.184 e. The summed E-state index contributed by atoms with van der Waals surface area (Å²) >= 11 is 0. The van der Waals surface area contributed by atoms with Crippen LogP contribution < -0.4 is 0 Å². The van der Waals surface area contributed by atoms with Crippen LogP contribution in [0.1, 0.15) is 13.3 Å². The molecule has 0 aromatic carbocycles. The SMILES string of the molecule is CC1CC2OC2O1. The number of fused-ring (bicyclic) bond motifs is 1. The van der Waals surface area contributed by atoms with Crippen LogP contribution in [0.25, 0.3) is 0 Å². The van der Waals surface area contributed by atoms with Crippen LogP contribution >= 0.6 is 0 Å². The summed E-state index contributed by atoms with van der Waals surface area (Å²) in [5, 5.41) is 0. The molecule has 2 fully saturated rings. The fourth-order valence-electron chi connectivity index (χ4n) is 1.02. The summed E-state index contributed by atoms with van der Waals surface area (Å²) < 4.78 is 10.2. The molecule has 0 aromatic rings. The number of epoxide rings is 1. The lowest BCUT2D eigenvalue weighted by Crippen LogP contribution is -2.02. The van der Waals surface area contributed by atoms with E-state index in [4.69, 9.17) is 9.47 Å². The highest BCUT2D eigenvalue weighted by atomic mass is 16.8. The van der Waals surface area contributed by atoms with Gasteiger partial charge in [-0.2, -0.15) is 0 Å². The average Bonchev–Trinajstić information content (AvgIpc) is 2.15. The Balaban J connectivity index is 2.02. The minimum atomic E-state index is 0.190. The van der Waals surface area contributed by atoms with E-state index < -0.39 is 0 Å². The largest absolute Gasteiger partial charge is 0.347 e. The molecular weight excluding hydrogens is 92.1 g/mol. The van der Waals surface area contributed by atoms with Crippen molar-refractivity contribution in [1.29, 1.82) is 0 Å². The van der Waals surface area contributed by atoms with Gasteiger partial charge in [-0.15, -0.1) is 0 Å². The summed E-state index contributed by atoms with van der Waals surface area (Å²) in [7, 11) is 0. The molecule has 2 saturated heterocycles. The third kappa shape index (κ3) is 0.469. The maximum absolute atomic E-state index is 5.21. The zero-order valence-electron chi connectivity index (χ0n) is 4.26. The molecule has 2 heterocycles. The van der Waals surface area contributed by atoms with Gasteiger partial charge in [-0.25, -0.2) is 0 Å². The third-order valence-corrected chi connectivity index (χ3v) is 1.47. The van der Waals surface area contributed by atoms with Gasteiger partial charge in [0.05, 0.1) is 6.10 Å². The lowest BCUT2D eigenvalue weighted by molar-refractivity contribution is -0.00159. The first-order valence-corrected chi connectivity index (χ1v) is 2.67. The molecule has 0 radical (unpaired) electrons. The van der Waals surface area contributed by atoms with Crippen molar-refractivity contribution in [3.05, 3.63) is 0 Å². The van der Waals surface area contributed by atoms with Crippen molar-refractivity contribution in [2.24, 2.45) is 0 Å². The summed E-state index contributed by atoms with van der Waals surface area (Å²) in [6.07, 6.45) is 2.21. The molecule has 40 valence electrons. The van der Waals surface area contributed by atoms with Gasteiger partial charge < -0.3 is 9.47 Å². The normalized spacial score (nSPS) is 57.0. The molecule has 0 spiro atoms. The Kier molecular flexibility index (Phi) is 0.557. The minimum absolute atomic E-state index is 0.190. The molecule has 2 aliphatic rings. The number of hydrogen-bond donors (Lipinski definition) is 0. The Labute approximate surface area is 42.4 Å². The Morgan fingerprint density at radius 1 is 1.43 bits per heavy atom. The van der Waals surface area contributed by atoms with Crippen molar-refractivity contribution in [2.75, 3.05) is 0 Å². The van der Waals surface area contributed by atoms with Gasteiger partial charge in [0.15, 0.2) is 6.29 Å². The molecule has 3 unspecified atom stereocenters. The molecule has 2 aliphatic heterocycles. The summed E-state index contributed by atoms with van der Waals surface area (Å²) in [6, 6.07) is 0. The first-order chi connectivity index (χ1) is 3.36. The van der Waals surface area contributed by atoms with Gasteiger partial charge in [0.2, 0.25) is 0 Å². The molecule has 0 bridgehead atoms. The Hall–Kier alpha value is -0.0800. The van der Waals surface area contributed by atoms with E-state index in [2.05, 4.69) is 6.92 Å². The zero-order chi connectivity index (χ0) is 4.85. The molecule has 0 N–H and O–H groups in total. The van der Waals surface area contributed by atoms with E-state index in [9.17, 15) is 0 Å². The average molecular weight is 100 g/mol. The van der Waals surface area contributed by atoms with Crippen LogP contribution in [0.15, 0.2) is 0 Å². The van der Waals surface area contributed by atoms with Crippen LogP contribution in [0, 0.1) is 0 Å². The van der Waals surface area contributed by atoms with Crippen LogP contribution in [0.5, 0.6) is 0 Å². The first kappa shape index (κ1) is 3.87. The highest BCUT2D eigenvalue weighted by molar-refractivity contribution is 4.85. The van der Waals surface area contributed by atoms with Crippen LogP contribution in [0.2, 0.25) is 0 Å². The second kappa shape index (κ2) is 1.01. The van der Waals surface area contributed by atoms with Gasteiger partial charge in [0.25, 0.3) is 0 Å². The van der Waals surface area contributed by atoms with E-state index >= 15 is 0 Å². The van der Waals surface area contributed by atoms with Crippen molar-refractivity contribution < 1.29 is 9.47 Å². The Morgan fingerprint density at radius 3 is 2.57 bits per heavy atom. The molecule has 2 nitrogen and oxygen atoms in total. The fourth-order valence-corrected chi connectivity index (χ4v) is 1.02.